The summed E-state index contributed by atoms with van der Waals surface area (Å²) in [7, 11) is -8.08. The average Bonchev–Trinajstić information content (AvgIpc) is 1.81. The molecule has 1 fully saturated rings. The minimum absolute atomic E-state index is 0. The fourth-order valence-corrected chi connectivity index (χ4v) is 14.7. The predicted molar refractivity (Wildman–Crippen MR) is 366 cm³/mol. The number of allylic oxidation sites excluding steroid dienone is 2. The summed E-state index contributed by atoms with van der Waals surface area (Å²) < 4.78 is 91.9. The van der Waals surface area contributed by atoms with Gasteiger partial charge in [-0.2, -0.15) is 0 Å². The van der Waals surface area contributed by atoms with E-state index in [1.807, 2.05) is 41.5 Å². The molecule has 4 aromatic rings. The van der Waals surface area contributed by atoms with Gasteiger partial charge in [0, 0.05) is 58.1 Å². The number of anilines is 2. The molecular weight excluding hydrogens is 1310 g/mol. The van der Waals surface area contributed by atoms with Crippen LogP contribution in [0.3, 0.4) is 0 Å². The van der Waals surface area contributed by atoms with Crippen molar-refractivity contribution in [3.8, 4) is 20.9 Å². The van der Waals surface area contributed by atoms with Crippen LogP contribution in [0, 0.1) is 0 Å². The maximum Gasteiger partial charge on any atom is 0.490 e. The van der Waals surface area contributed by atoms with Crippen LogP contribution in [0.5, 0.6) is 0 Å². The lowest BCUT2D eigenvalue weighted by molar-refractivity contribution is 0.00578. The standard InChI is InChI=1S/C28H40N4O6S2.C17H30BNO4.C17H22BrN3O4S2.CH4/c1-17(2)37-25(33)31-20-13-14-21(23(15-20)40(35,36)32-27(3,4)5)22-16-29-24(39-22)18-9-11-19(12-10-18)30-26(34)38-28(6,7)8;1-15(2,3)21-14(20)19-13-10-8-12(9-11-13)18-22-16(4,5)17(6,7)23-18;1-10(2)25-16(22)20-11-6-7-12(13-9-19-15(18)26-13)14(8-11)27(23,24)21-17(3,4)5;/h9,13-17,19,32H,10-12H2,1-8H3,(H,30,34)(H,31,33);8,13H,9-11H2,1-7H3,(H,19,20);6-10,21H,1-5H3,(H,20,22);1H4. The van der Waals surface area contributed by atoms with E-state index in [-0.39, 0.29) is 65.9 Å². The van der Waals surface area contributed by atoms with Gasteiger partial charge < -0.3 is 38.9 Å². The van der Waals surface area contributed by atoms with Crippen molar-refractivity contribution >= 4 is 107 Å². The second-order valence-corrected chi connectivity index (χ2v) is 34.3. The first-order valence-corrected chi connectivity index (χ1v) is 35.2. The molecule has 28 heteroatoms. The topological polar surface area (TPSA) is 290 Å². The number of alkyl carbamates (subject to hydrolysis) is 2. The Kier molecular flexibility index (Phi) is 26.7. The highest BCUT2D eigenvalue weighted by molar-refractivity contribution is 9.11. The number of thiazole rings is 2. The highest BCUT2D eigenvalue weighted by Crippen LogP contribution is 2.42. The summed E-state index contributed by atoms with van der Waals surface area (Å²) in [6.07, 6.45) is 9.34. The Hall–Kier alpha value is -5.46. The SMILES string of the molecule is C.CC(C)(C)OC(=O)NC1CC=C(B2OC(C)(C)C(C)(C)O2)CC1.CC(C)OC(=O)Nc1ccc(-c2cnc(Br)s2)c(S(=O)(=O)NC(C)(C)C)c1.CC(C)OC(=O)Nc1ccc(-c2cnc(C3=CCC(NC(=O)OC(C)(C)C)CC3)s2)c(S(=O)(=O)NC(C)(C)C)c1. The van der Waals surface area contributed by atoms with Crippen molar-refractivity contribution in [2.75, 3.05) is 10.6 Å². The molecule has 3 aliphatic rings. The molecule has 6 N–H and O–H groups in total. The van der Waals surface area contributed by atoms with Crippen molar-refractivity contribution in [3.63, 3.8) is 0 Å². The zero-order valence-corrected chi connectivity index (χ0v) is 60.4. The Labute approximate surface area is 556 Å². The molecule has 2 aromatic carbocycles. The van der Waals surface area contributed by atoms with Gasteiger partial charge in [-0.15, -0.1) is 22.7 Å². The lowest BCUT2D eigenvalue weighted by Crippen LogP contribution is -2.41. The monoisotopic (exact) mass is 1410 g/mol. The molecule has 1 aliphatic heterocycles. The summed E-state index contributed by atoms with van der Waals surface area (Å²) in [4.78, 5) is 58.1. The van der Waals surface area contributed by atoms with Gasteiger partial charge in [-0.3, -0.25) is 10.6 Å². The number of hydrogen-bond donors (Lipinski definition) is 6. The molecule has 7 rings (SSSR count). The molecule has 2 aliphatic carbocycles. The number of aromatic nitrogens is 2. The molecule has 0 saturated carbocycles. The van der Waals surface area contributed by atoms with E-state index in [4.69, 9.17) is 28.3 Å². The Morgan fingerprint density at radius 1 is 0.615 bits per heavy atom. The molecule has 0 spiro atoms. The summed E-state index contributed by atoms with van der Waals surface area (Å²) in [6.45, 7) is 36.8. The molecule has 0 radical (unpaired) electrons. The molecule has 2 aromatic heterocycles. The number of carbonyl (C=O) groups excluding carboxylic acids is 4. The summed E-state index contributed by atoms with van der Waals surface area (Å²) >= 11 is 6.01. The smallest absolute Gasteiger partial charge is 0.447 e. The normalized spacial score (nSPS) is 17.5. The van der Waals surface area contributed by atoms with E-state index in [0.717, 1.165) is 36.3 Å². The van der Waals surface area contributed by atoms with Crippen LogP contribution in [0.15, 0.2) is 80.1 Å². The Morgan fingerprint density at radius 2 is 1.02 bits per heavy atom. The molecule has 22 nitrogen and oxygen atoms in total. The minimum Gasteiger partial charge on any atom is -0.447 e. The third-order valence-electron chi connectivity index (χ3n) is 13.2. The molecule has 4 amide bonds. The van der Waals surface area contributed by atoms with E-state index in [2.05, 4.69) is 96.5 Å². The van der Waals surface area contributed by atoms with Crippen LogP contribution in [0.25, 0.3) is 26.5 Å². The van der Waals surface area contributed by atoms with Crippen molar-refractivity contribution in [1.82, 2.24) is 30.0 Å². The van der Waals surface area contributed by atoms with E-state index >= 15 is 0 Å². The number of rotatable bonds is 14. The van der Waals surface area contributed by atoms with Gasteiger partial charge in [0.1, 0.15) is 16.2 Å². The van der Waals surface area contributed by atoms with Crippen molar-refractivity contribution in [3.05, 3.63) is 75.3 Å². The van der Waals surface area contributed by atoms with Crippen molar-refractivity contribution in [2.24, 2.45) is 0 Å². The summed E-state index contributed by atoms with van der Waals surface area (Å²) in [5.41, 5.74) is 0.775. The molecule has 2 unspecified atom stereocenters. The summed E-state index contributed by atoms with van der Waals surface area (Å²) in [6, 6.07) is 9.49. The van der Waals surface area contributed by atoms with Crippen LogP contribution >= 0.6 is 38.6 Å². The molecular formula is C63H96BBrN8O14S4. The van der Waals surface area contributed by atoms with E-state index < -0.39 is 60.6 Å². The van der Waals surface area contributed by atoms with Crippen molar-refractivity contribution < 1.29 is 64.3 Å². The van der Waals surface area contributed by atoms with Crippen LogP contribution in [0.1, 0.15) is 189 Å². The van der Waals surface area contributed by atoms with Crippen LogP contribution < -0.4 is 30.7 Å². The van der Waals surface area contributed by atoms with E-state index in [0.29, 0.717) is 49.0 Å². The predicted octanol–water partition coefficient (Wildman–Crippen LogP) is 15.2. The van der Waals surface area contributed by atoms with Crippen molar-refractivity contribution in [2.45, 2.75) is 252 Å². The lowest BCUT2D eigenvalue weighted by Gasteiger charge is -2.32. The van der Waals surface area contributed by atoms with Gasteiger partial charge in [-0.1, -0.05) is 31.7 Å². The van der Waals surface area contributed by atoms with Crippen LogP contribution in [0.2, 0.25) is 0 Å². The van der Waals surface area contributed by atoms with E-state index in [1.54, 1.807) is 106 Å². The molecule has 1 saturated heterocycles. The van der Waals surface area contributed by atoms with Crippen LogP contribution in [-0.2, 0) is 48.3 Å². The quantitative estimate of drug-likeness (QED) is 0.0505. The number of halogens is 1. The molecule has 91 heavy (non-hydrogen) atoms. The van der Waals surface area contributed by atoms with E-state index in [1.165, 1.54) is 40.3 Å². The molecule has 0 bridgehead atoms. The molecule has 506 valence electrons. The fraction of sp³-hybridized carbons (Fsp3) is 0.587. The van der Waals surface area contributed by atoms with Gasteiger partial charge in [-0.25, -0.2) is 55.4 Å². The van der Waals surface area contributed by atoms with Crippen LogP contribution in [-0.4, -0.2) is 116 Å². The molecule has 2 atom stereocenters. The third-order valence-corrected chi connectivity index (χ3v) is 19.5. The van der Waals surface area contributed by atoms with Gasteiger partial charge in [0.05, 0.1) is 43.0 Å². The first-order valence-electron chi connectivity index (χ1n) is 29.8. The van der Waals surface area contributed by atoms with Crippen LogP contribution in [0.4, 0.5) is 30.6 Å². The summed E-state index contributed by atoms with van der Waals surface area (Å²) in [5, 5.41) is 11.8. The first kappa shape index (κ1) is 78.0. The minimum atomic E-state index is -3.96. The zero-order valence-electron chi connectivity index (χ0n) is 55.5. The number of nitrogens with zero attached hydrogens (tertiary/aromatic N) is 2. The second kappa shape index (κ2) is 31.2. The van der Waals surface area contributed by atoms with Gasteiger partial charge in [0.25, 0.3) is 0 Å². The average molecular weight is 1410 g/mol. The van der Waals surface area contributed by atoms with Gasteiger partial charge in [-0.05, 0) is 228 Å². The number of ether oxygens (including phenoxy) is 4. The third kappa shape index (κ3) is 25.1. The first-order chi connectivity index (χ1) is 41.2. The Balaban J connectivity index is 0.000000303. The van der Waals surface area contributed by atoms with E-state index in [9.17, 15) is 36.0 Å². The van der Waals surface area contributed by atoms with Gasteiger partial charge in [0.15, 0.2) is 3.92 Å². The lowest BCUT2D eigenvalue weighted by atomic mass is 9.72. The number of amides is 4. The number of hydrogen-bond acceptors (Lipinski definition) is 18. The largest absolute Gasteiger partial charge is 0.490 e. The molecule has 3 heterocycles. The highest BCUT2D eigenvalue weighted by Gasteiger charge is 2.52. The van der Waals surface area contributed by atoms with Gasteiger partial charge in [0.2, 0.25) is 20.0 Å². The number of nitrogens with one attached hydrogen (secondary N) is 6. The Morgan fingerprint density at radius 3 is 1.37 bits per heavy atom. The fourth-order valence-electron chi connectivity index (χ4n) is 8.92. The summed E-state index contributed by atoms with van der Waals surface area (Å²) in [5.74, 6) is 0. The van der Waals surface area contributed by atoms with Gasteiger partial charge >= 0.3 is 31.5 Å². The highest BCUT2D eigenvalue weighted by atomic mass is 79.9. The zero-order chi connectivity index (χ0) is 67.8. The van der Waals surface area contributed by atoms with Crippen molar-refractivity contribution in [1.29, 1.82) is 0 Å². The second-order valence-electron chi connectivity index (χ2n) is 27.6. The number of sulfonamides is 2. The number of benzene rings is 2. The maximum absolute atomic E-state index is 13.5. The number of carbonyl (C=O) groups is 4. The Bertz CT molecular complexity index is 3470. The maximum atomic E-state index is 13.5.